The van der Waals surface area contributed by atoms with E-state index in [1.165, 1.54) is 11.3 Å². The van der Waals surface area contributed by atoms with Gasteiger partial charge in [-0.1, -0.05) is 41.7 Å². The summed E-state index contributed by atoms with van der Waals surface area (Å²) in [7, 11) is 2.00. The second-order valence-corrected chi connectivity index (χ2v) is 7.93. The Kier molecular flexibility index (Phi) is 5.25. The molecule has 0 saturated carbocycles. The molecule has 0 spiro atoms. The minimum absolute atomic E-state index is 0.0411. The number of hydrogen-bond acceptors (Lipinski definition) is 5. The number of carbonyl (C=O) groups is 2. The van der Waals surface area contributed by atoms with Gasteiger partial charge < -0.3 is 10.2 Å². The van der Waals surface area contributed by atoms with Crippen molar-refractivity contribution < 1.29 is 9.59 Å². The largest absolute Gasteiger partial charge is 0.373 e. The zero-order chi connectivity index (χ0) is 19.5. The molecule has 28 heavy (non-hydrogen) atoms. The molecule has 1 aliphatic heterocycles. The minimum atomic E-state index is -0.332. The summed E-state index contributed by atoms with van der Waals surface area (Å²) in [5.74, 6) is -0.444. The molecule has 2 aromatic carbocycles. The van der Waals surface area contributed by atoms with Crippen LogP contribution in [0.15, 0.2) is 54.6 Å². The summed E-state index contributed by atoms with van der Waals surface area (Å²) in [6.07, 6.45) is 0.232. The van der Waals surface area contributed by atoms with Gasteiger partial charge in [-0.25, -0.2) is 4.98 Å². The number of benzene rings is 2. The Morgan fingerprint density at radius 2 is 1.96 bits per heavy atom. The van der Waals surface area contributed by atoms with Crippen LogP contribution in [0.5, 0.6) is 0 Å². The molecule has 0 bridgehead atoms. The molecule has 2 amide bonds. The number of fused-ring (bicyclic) bond motifs is 1. The molecule has 2 heterocycles. The number of hydrogen-bond donors (Lipinski definition) is 1. The molecule has 0 radical (unpaired) electrons. The molecule has 1 fully saturated rings. The molecule has 7 heteroatoms. The zero-order valence-electron chi connectivity index (χ0n) is 15.7. The van der Waals surface area contributed by atoms with Crippen LogP contribution in [0.3, 0.4) is 0 Å². The highest BCUT2D eigenvalue weighted by Crippen LogP contribution is 2.32. The highest BCUT2D eigenvalue weighted by molar-refractivity contribution is 7.22. The van der Waals surface area contributed by atoms with Gasteiger partial charge in [0.25, 0.3) is 0 Å². The number of likely N-dealkylation sites (N-methyl/N-ethyl adjacent to an activating group) is 1. The van der Waals surface area contributed by atoms with E-state index in [4.69, 9.17) is 0 Å². The minimum Gasteiger partial charge on any atom is -0.373 e. The number of nitrogens with zero attached hydrogens (tertiary/aromatic N) is 3. The van der Waals surface area contributed by atoms with E-state index in [2.05, 4.69) is 15.2 Å². The van der Waals surface area contributed by atoms with Gasteiger partial charge in [-0.2, -0.15) is 0 Å². The molecule has 1 N–H and O–H groups in total. The Morgan fingerprint density at radius 3 is 2.75 bits per heavy atom. The number of thiazole rings is 1. The summed E-state index contributed by atoms with van der Waals surface area (Å²) >= 11 is 1.49. The van der Waals surface area contributed by atoms with Crippen LogP contribution in [0.1, 0.15) is 6.42 Å². The lowest BCUT2D eigenvalue weighted by molar-refractivity contribution is -0.126. The first-order valence-corrected chi connectivity index (χ1v) is 10.1. The van der Waals surface area contributed by atoms with Crippen LogP contribution in [0.2, 0.25) is 0 Å². The van der Waals surface area contributed by atoms with Gasteiger partial charge in [-0.15, -0.1) is 0 Å². The maximum atomic E-state index is 12.5. The SMILES string of the molecule is CN(CCNC(=O)C1CC(=O)N(c2nc3ccccc3s2)C1)c1ccccc1. The van der Waals surface area contributed by atoms with Crippen molar-refractivity contribution in [2.24, 2.45) is 5.92 Å². The lowest BCUT2D eigenvalue weighted by Gasteiger charge is -2.20. The number of carbonyl (C=O) groups excluding carboxylic acids is 2. The highest BCUT2D eigenvalue weighted by Gasteiger charge is 2.36. The van der Waals surface area contributed by atoms with Crippen LogP contribution < -0.4 is 15.1 Å². The molecule has 3 aromatic rings. The van der Waals surface area contributed by atoms with Crippen molar-refractivity contribution in [1.29, 1.82) is 0 Å². The molecule has 1 aromatic heterocycles. The van der Waals surface area contributed by atoms with E-state index in [1.807, 2.05) is 61.6 Å². The van der Waals surface area contributed by atoms with Gasteiger partial charge >= 0.3 is 0 Å². The van der Waals surface area contributed by atoms with Gasteiger partial charge in [-0.05, 0) is 24.3 Å². The summed E-state index contributed by atoms with van der Waals surface area (Å²) in [6.45, 7) is 1.63. The Bertz CT molecular complexity index is 955. The maximum absolute atomic E-state index is 12.5. The fraction of sp³-hybridized carbons (Fsp3) is 0.286. The van der Waals surface area contributed by atoms with Crippen molar-refractivity contribution in [1.82, 2.24) is 10.3 Å². The number of aromatic nitrogens is 1. The van der Waals surface area contributed by atoms with Crippen LogP contribution in [0, 0.1) is 5.92 Å². The standard InChI is InChI=1S/C21H22N4O2S/c1-24(16-7-3-2-4-8-16)12-11-22-20(27)15-13-19(26)25(14-15)21-23-17-9-5-6-10-18(17)28-21/h2-10,15H,11-14H2,1H3,(H,22,27). The van der Waals surface area contributed by atoms with Crippen molar-refractivity contribution >= 4 is 44.2 Å². The highest BCUT2D eigenvalue weighted by atomic mass is 32.1. The van der Waals surface area contributed by atoms with Gasteiger partial charge in [0.1, 0.15) is 0 Å². The average Bonchev–Trinajstić information content (AvgIpc) is 3.31. The van der Waals surface area contributed by atoms with E-state index in [1.54, 1.807) is 4.90 Å². The third-order valence-electron chi connectivity index (χ3n) is 4.95. The Labute approximate surface area is 167 Å². The van der Waals surface area contributed by atoms with E-state index in [9.17, 15) is 9.59 Å². The first-order chi connectivity index (χ1) is 13.6. The van der Waals surface area contributed by atoms with Gasteiger partial charge in [-0.3, -0.25) is 14.5 Å². The number of anilines is 2. The lowest BCUT2D eigenvalue weighted by Crippen LogP contribution is -2.37. The summed E-state index contributed by atoms with van der Waals surface area (Å²) < 4.78 is 1.04. The van der Waals surface area contributed by atoms with Crippen LogP contribution in [0.25, 0.3) is 10.2 Å². The quantitative estimate of drug-likeness (QED) is 0.698. The smallest absolute Gasteiger partial charge is 0.229 e. The molecular weight excluding hydrogens is 372 g/mol. The summed E-state index contributed by atoms with van der Waals surface area (Å²) in [5.41, 5.74) is 1.99. The van der Waals surface area contributed by atoms with Crippen molar-refractivity contribution in [2.75, 3.05) is 36.5 Å². The molecule has 144 valence electrons. The maximum Gasteiger partial charge on any atom is 0.229 e. The molecular formula is C21H22N4O2S. The molecule has 4 rings (SSSR count). The third kappa shape index (κ3) is 3.84. The van der Waals surface area contributed by atoms with Crippen molar-refractivity contribution in [2.45, 2.75) is 6.42 Å². The molecule has 1 unspecified atom stereocenters. The zero-order valence-corrected chi connectivity index (χ0v) is 16.5. The molecule has 6 nitrogen and oxygen atoms in total. The van der Waals surface area contributed by atoms with E-state index in [0.717, 1.165) is 15.9 Å². The van der Waals surface area contributed by atoms with Crippen LogP contribution >= 0.6 is 11.3 Å². The van der Waals surface area contributed by atoms with Crippen molar-refractivity contribution in [3.63, 3.8) is 0 Å². The Hall–Kier alpha value is -2.93. The van der Waals surface area contributed by atoms with Crippen LogP contribution in [-0.4, -0.2) is 43.5 Å². The molecule has 1 aliphatic rings. The van der Waals surface area contributed by atoms with Crippen LogP contribution in [0.4, 0.5) is 10.8 Å². The number of nitrogens with one attached hydrogen (secondary N) is 1. The van der Waals surface area contributed by atoms with Gasteiger partial charge in [0.2, 0.25) is 11.8 Å². The van der Waals surface area contributed by atoms with Gasteiger partial charge in [0.15, 0.2) is 5.13 Å². The summed E-state index contributed by atoms with van der Waals surface area (Å²) in [4.78, 5) is 33.2. The fourth-order valence-electron chi connectivity index (χ4n) is 3.35. The van der Waals surface area contributed by atoms with E-state index in [0.29, 0.717) is 24.8 Å². The van der Waals surface area contributed by atoms with E-state index >= 15 is 0 Å². The number of para-hydroxylation sites is 2. The molecule has 0 aliphatic carbocycles. The molecule has 1 atom stereocenters. The topological polar surface area (TPSA) is 65.5 Å². The molecule has 1 saturated heterocycles. The summed E-state index contributed by atoms with van der Waals surface area (Å²) in [6, 6.07) is 17.8. The second kappa shape index (κ2) is 7.98. The third-order valence-corrected chi connectivity index (χ3v) is 6.01. The Balaban J connectivity index is 1.32. The second-order valence-electron chi connectivity index (χ2n) is 6.92. The lowest BCUT2D eigenvalue weighted by atomic mass is 10.1. The van der Waals surface area contributed by atoms with E-state index < -0.39 is 0 Å². The average molecular weight is 395 g/mol. The number of amides is 2. The predicted molar refractivity (Wildman–Crippen MR) is 113 cm³/mol. The summed E-state index contributed by atoms with van der Waals surface area (Å²) in [5, 5.41) is 3.64. The first-order valence-electron chi connectivity index (χ1n) is 9.31. The first kappa shape index (κ1) is 18.4. The van der Waals surface area contributed by atoms with E-state index in [-0.39, 0.29) is 24.2 Å². The van der Waals surface area contributed by atoms with Gasteiger partial charge in [0, 0.05) is 38.8 Å². The van der Waals surface area contributed by atoms with Gasteiger partial charge in [0.05, 0.1) is 16.1 Å². The van der Waals surface area contributed by atoms with Crippen molar-refractivity contribution in [3.8, 4) is 0 Å². The predicted octanol–water partition coefficient (Wildman–Crippen LogP) is 2.90. The van der Waals surface area contributed by atoms with Crippen molar-refractivity contribution in [3.05, 3.63) is 54.6 Å². The monoisotopic (exact) mass is 394 g/mol. The normalized spacial score (nSPS) is 16.5. The van der Waals surface area contributed by atoms with Crippen LogP contribution in [-0.2, 0) is 9.59 Å². The Morgan fingerprint density at radius 1 is 1.21 bits per heavy atom. The number of rotatable bonds is 6. The fourth-order valence-corrected chi connectivity index (χ4v) is 4.34.